The van der Waals surface area contributed by atoms with E-state index >= 15 is 0 Å². The summed E-state index contributed by atoms with van der Waals surface area (Å²) in [6.45, 7) is 2.14. The summed E-state index contributed by atoms with van der Waals surface area (Å²) < 4.78 is 43.5. The van der Waals surface area contributed by atoms with Crippen molar-refractivity contribution in [1.29, 1.82) is 0 Å². The van der Waals surface area contributed by atoms with Crippen LogP contribution in [-0.2, 0) is 10.9 Å². The van der Waals surface area contributed by atoms with Gasteiger partial charge in [-0.2, -0.15) is 13.2 Å². The molecule has 2 heterocycles. The Morgan fingerprint density at radius 3 is 2.67 bits per heavy atom. The van der Waals surface area contributed by atoms with Gasteiger partial charge in [0.05, 0.1) is 12.3 Å². The van der Waals surface area contributed by atoms with Crippen molar-refractivity contribution in [1.82, 2.24) is 10.3 Å². The lowest BCUT2D eigenvalue weighted by atomic mass is 9.99. The molecule has 27 heavy (non-hydrogen) atoms. The van der Waals surface area contributed by atoms with Crippen LogP contribution in [0.15, 0.2) is 29.6 Å². The number of rotatable bonds is 4. The van der Waals surface area contributed by atoms with Crippen LogP contribution in [-0.4, -0.2) is 30.8 Å². The summed E-state index contributed by atoms with van der Waals surface area (Å²) in [6.07, 6.45) is -3.22. The molecule has 1 aliphatic heterocycles. The topological polar surface area (TPSA) is 63.2 Å². The van der Waals surface area contributed by atoms with Gasteiger partial charge < -0.3 is 10.1 Å². The molecule has 0 saturated carbocycles. The summed E-state index contributed by atoms with van der Waals surface area (Å²) >= 11 is 0.877. The smallest absolute Gasteiger partial charge is 0.434 e. The van der Waals surface area contributed by atoms with E-state index in [0.29, 0.717) is 23.8 Å². The minimum absolute atomic E-state index is 0. The van der Waals surface area contributed by atoms with Crippen molar-refractivity contribution in [2.24, 2.45) is 5.92 Å². The van der Waals surface area contributed by atoms with Gasteiger partial charge in [0.1, 0.15) is 5.01 Å². The van der Waals surface area contributed by atoms with Crippen LogP contribution in [0.4, 0.5) is 23.7 Å². The number of carbonyl (C=O) groups is 1. The quantitative estimate of drug-likeness (QED) is 0.744. The molecule has 1 aliphatic rings. The first-order valence-electron chi connectivity index (χ1n) is 8.20. The fourth-order valence-electron chi connectivity index (χ4n) is 2.69. The molecule has 1 amide bonds. The van der Waals surface area contributed by atoms with Crippen molar-refractivity contribution in [3.8, 4) is 10.6 Å². The van der Waals surface area contributed by atoms with Crippen LogP contribution in [0.25, 0.3) is 10.6 Å². The number of nitrogens with zero attached hydrogens (tertiary/aromatic N) is 1. The first-order valence-corrected chi connectivity index (χ1v) is 9.08. The SMILES string of the molecule is Cl.O=C(Nc1ccccc1-c1nc(C(F)(F)F)cs1)OCC1CCNCC1. The van der Waals surface area contributed by atoms with Gasteiger partial charge in [-0.15, -0.1) is 23.7 Å². The molecule has 0 aliphatic carbocycles. The highest BCUT2D eigenvalue weighted by atomic mass is 35.5. The monoisotopic (exact) mass is 421 g/mol. The number of aromatic nitrogens is 1. The lowest BCUT2D eigenvalue weighted by Crippen LogP contribution is -2.31. The predicted octanol–water partition coefficient (Wildman–Crippen LogP) is 4.80. The van der Waals surface area contributed by atoms with Crippen molar-refractivity contribution in [3.63, 3.8) is 0 Å². The average Bonchev–Trinajstić information content (AvgIpc) is 3.12. The number of nitrogens with one attached hydrogen (secondary N) is 2. The zero-order chi connectivity index (χ0) is 18.6. The molecule has 2 aromatic rings. The lowest BCUT2D eigenvalue weighted by Gasteiger charge is -2.22. The molecule has 1 fully saturated rings. The van der Waals surface area contributed by atoms with Crippen LogP contribution in [0.2, 0.25) is 0 Å². The number of anilines is 1. The maximum atomic E-state index is 12.8. The first-order chi connectivity index (χ1) is 12.4. The standard InChI is InChI=1S/C17H18F3N3O2S.ClH/c18-17(19,20)14-10-26-15(23-14)12-3-1-2-4-13(12)22-16(24)25-9-11-5-7-21-8-6-11;/h1-4,10-11,21H,5-9H2,(H,22,24);1H. The number of carbonyl (C=O) groups excluding carboxylic acids is 1. The maximum Gasteiger partial charge on any atom is 0.434 e. The van der Waals surface area contributed by atoms with Crippen molar-refractivity contribution in [2.45, 2.75) is 19.0 Å². The van der Waals surface area contributed by atoms with E-state index in [1.165, 1.54) is 0 Å². The van der Waals surface area contributed by atoms with E-state index in [4.69, 9.17) is 4.74 Å². The molecular weight excluding hydrogens is 403 g/mol. The number of hydrogen-bond donors (Lipinski definition) is 2. The van der Waals surface area contributed by atoms with Crippen LogP contribution in [0.5, 0.6) is 0 Å². The number of hydrogen-bond acceptors (Lipinski definition) is 5. The normalized spacial score (nSPS) is 15.1. The van der Waals surface area contributed by atoms with Gasteiger partial charge in [-0.25, -0.2) is 9.78 Å². The van der Waals surface area contributed by atoms with Gasteiger partial charge in [0.25, 0.3) is 0 Å². The number of halogens is 4. The average molecular weight is 422 g/mol. The van der Waals surface area contributed by atoms with Crippen LogP contribution < -0.4 is 10.6 Å². The molecule has 1 aromatic carbocycles. The molecule has 0 bridgehead atoms. The van der Waals surface area contributed by atoms with Crippen LogP contribution in [0.3, 0.4) is 0 Å². The Kier molecular flexibility index (Phi) is 7.46. The van der Waals surface area contributed by atoms with Crippen LogP contribution >= 0.6 is 23.7 Å². The van der Waals surface area contributed by atoms with Gasteiger partial charge >= 0.3 is 12.3 Å². The van der Waals surface area contributed by atoms with E-state index in [0.717, 1.165) is 42.6 Å². The summed E-state index contributed by atoms with van der Waals surface area (Å²) in [6, 6.07) is 6.58. The second-order valence-corrected chi connectivity index (χ2v) is 6.86. The summed E-state index contributed by atoms with van der Waals surface area (Å²) in [4.78, 5) is 15.7. The molecular formula is C17H19ClF3N3O2S. The minimum atomic E-state index is -4.50. The first kappa shape index (κ1) is 21.5. The summed E-state index contributed by atoms with van der Waals surface area (Å²) in [5.74, 6) is 0.325. The summed E-state index contributed by atoms with van der Waals surface area (Å²) in [5, 5.41) is 6.99. The van der Waals surface area contributed by atoms with Crippen molar-refractivity contribution in [2.75, 3.05) is 25.0 Å². The highest BCUT2D eigenvalue weighted by Crippen LogP contribution is 2.36. The fourth-order valence-corrected chi connectivity index (χ4v) is 3.56. The van der Waals surface area contributed by atoms with E-state index in [1.807, 2.05) is 0 Å². The number of para-hydroxylation sites is 1. The number of thiazole rings is 1. The molecule has 0 unspecified atom stereocenters. The Morgan fingerprint density at radius 2 is 2.00 bits per heavy atom. The Hall–Kier alpha value is -1.84. The molecule has 0 spiro atoms. The highest BCUT2D eigenvalue weighted by Gasteiger charge is 2.34. The van der Waals surface area contributed by atoms with Crippen LogP contribution in [0, 0.1) is 5.92 Å². The van der Waals surface area contributed by atoms with Gasteiger partial charge in [-0.3, -0.25) is 5.32 Å². The fraction of sp³-hybridized carbons (Fsp3) is 0.412. The number of alkyl halides is 3. The van der Waals surface area contributed by atoms with Crippen LogP contribution in [0.1, 0.15) is 18.5 Å². The minimum Gasteiger partial charge on any atom is -0.449 e. The van der Waals surface area contributed by atoms with Crippen molar-refractivity contribution < 1.29 is 22.7 Å². The molecule has 0 atom stereocenters. The van der Waals surface area contributed by atoms with Gasteiger partial charge in [-0.1, -0.05) is 12.1 Å². The number of piperidine rings is 1. The number of benzene rings is 1. The van der Waals surface area contributed by atoms with Crippen molar-refractivity contribution >= 4 is 35.5 Å². The zero-order valence-electron chi connectivity index (χ0n) is 14.2. The highest BCUT2D eigenvalue weighted by molar-refractivity contribution is 7.13. The molecule has 1 aromatic heterocycles. The largest absolute Gasteiger partial charge is 0.449 e. The second-order valence-electron chi connectivity index (χ2n) is 6.00. The van der Waals surface area contributed by atoms with Gasteiger partial charge in [-0.05, 0) is 44.0 Å². The zero-order valence-corrected chi connectivity index (χ0v) is 15.8. The van der Waals surface area contributed by atoms with E-state index in [9.17, 15) is 18.0 Å². The predicted molar refractivity (Wildman–Crippen MR) is 100 cm³/mol. The van der Waals surface area contributed by atoms with Gasteiger partial charge in [0.2, 0.25) is 0 Å². The summed E-state index contributed by atoms with van der Waals surface area (Å²) in [5.41, 5.74) is -0.154. The molecule has 5 nitrogen and oxygen atoms in total. The molecule has 10 heteroatoms. The molecule has 148 valence electrons. The van der Waals surface area contributed by atoms with E-state index in [-0.39, 0.29) is 17.4 Å². The molecule has 0 radical (unpaired) electrons. The van der Waals surface area contributed by atoms with Gasteiger partial charge in [0, 0.05) is 10.9 Å². The molecule has 1 saturated heterocycles. The van der Waals surface area contributed by atoms with E-state index in [1.54, 1.807) is 24.3 Å². The molecule has 2 N–H and O–H groups in total. The Labute approximate surface area is 164 Å². The Morgan fingerprint density at radius 1 is 1.30 bits per heavy atom. The number of ether oxygens (including phenoxy) is 1. The lowest BCUT2D eigenvalue weighted by molar-refractivity contribution is -0.140. The third-order valence-corrected chi connectivity index (χ3v) is 4.97. The number of amides is 1. The third-order valence-electron chi connectivity index (χ3n) is 4.10. The summed E-state index contributed by atoms with van der Waals surface area (Å²) in [7, 11) is 0. The maximum absolute atomic E-state index is 12.8. The second kappa shape index (κ2) is 9.38. The Balaban J connectivity index is 0.00000261. The van der Waals surface area contributed by atoms with E-state index in [2.05, 4.69) is 15.6 Å². The van der Waals surface area contributed by atoms with Crippen molar-refractivity contribution in [3.05, 3.63) is 35.3 Å². The van der Waals surface area contributed by atoms with E-state index < -0.39 is 18.0 Å². The Bertz CT molecular complexity index is 764. The third kappa shape index (κ3) is 5.82. The van der Waals surface area contributed by atoms with Gasteiger partial charge in [0.15, 0.2) is 5.69 Å². The molecule has 3 rings (SSSR count).